The van der Waals surface area contributed by atoms with E-state index in [1.165, 1.54) is 30.2 Å². The first-order valence-electron chi connectivity index (χ1n) is 10.5. The maximum Gasteiger partial charge on any atom is 0.275 e. The Morgan fingerprint density at radius 3 is 2.48 bits per heavy atom. The van der Waals surface area contributed by atoms with Gasteiger partial charge in [0.15, 0.2) is 0 Å². The third-order valence-electron chi connectivity index (χ3n) is 5.47. The van der Waals surface area contributed by atoms with Gasteiger partial charge in [-0.2, -0.15) is 0 Å². The third-order valence-corrected chi connectivity index (χ3v) is 5.47. The van der Waals surface area contributed by atoms with Crippen molar-refractivity contribution in [3.63, 3.8) is 0 Å². The summed E-state index contributed by atoms with van der Waals surface area (Å²) in [6.07, 6.45) is 2.90. The average Bonchev–Trinajstić information content (AvgIpc) is 2.78. The highest BCUT2D eigenvalue weighted by Crippen LogP contribution is 2.25. The van der Waals surface area contributed by atoms with Gasteiger partial charge >= 0.3 is 0 Å². The number of carbonyl (C=O) groups excluding carboxylic acids is 2. The number of hydrogen-bond acceptors (Lipinski definition) is 6. The van der Waals surface area contributed by atoms with Crippen molar-refractivity contribution in [1.82, 2.24) is 9.97 Å². The Morgan fingerprint density at radius 2 is 1.85 bits per heavy atom. The van der Waals surface area contributed by atoms with Gasteiger partial charge in [0.2, 0.25) is 5.91 Å². The van der Waals surface area contributed by atoms with Gasteiger partial charge in [0.25, 0.3) is 5.91 Å². The van der Waals surface area contributed by atoms with Gasteiger partial charge < -0.3 is 19.9 Å². The molecule has 1 aliphatic heterocycles. The number of nitrogens with one attached hydrogen (secondary N) is 1. The zero-order valence-corrected chi connectivity index (χ0v) is 18.6. The highest BCUT2D eigenvalue weighted by molar-refractivity contribution is 6.03. The van der Waals surface area contributed by atoms with Crippen molar-refractivity contribution in [2.75, 3.05) is 35.3 Å². The molecule has 9 heteroatoms. The molecule has 1 aromatic heterocycles. The van der Waals surface area contributed by atoms with Gasteiger partial charge in [-0.1, -0.05) is 6.07 Å². The molecule has 4 rings (SSSR count). The zero-order valence-electron chi connectivity index (χ0n) is 18.6. The predicted octanol–water partition coefficient (Wildman–Crippen LogP) is 3.43. The first kappa shape index (κ1) is 22.2. The lowest BCUT2D eigenvalue weighted by Gasteiger charge is -2.39. The van der Waals surface area contributed by atoms with E-state index in [0.717, 1.165) is 11.3 Å². The van der Waals surface area contributed by atoms with E-state index in [0.29, 0.717) is 30.3 Å². The minimum absolute atomic E-state index is 0.0692. The van der Waals surface area contributed by atoms with Crippen LogP contribution in [0, 0.1) is 12.7 Å². The number of ether oxygens (including phenoxy) is 1. The van der Waals surface area contributed by atoms with Gasteiger partial charge in [0, 0.05) is 31.4 Å². The van der Waals surface area contributed by atoms with Crippen molar-refractivity contribution in [3.05, 3.63) is 71.9 Å². The van der Waals surface area contributed by atoms with Gasteiger partial charge in [-0.3, -0.25) is 9.59 Å². The molecule has 1 saturated heterocycles. The van der Waals surface area contributed by atoms with Crippen LogP contribution >= 0.6 is 0 Å². The number of carbonyl (C=O) groups is 2. The number of aryl methyl sites for hydroxylation is 1. The van der Waals surface area contributed by atoms with E-state index in [1.54, 1.807) is 43.6 Å². The number of halogens is 1. The molecule has 33 heavy (non-hydrogen) atoms. The SMILES string of the molecule is CC(=O)N(C)c1ccc(NC(=O)c2cnc(N3CC(Oc4cc(F)ccc4C)C3)cn2)cc1. The van der Waals surface area contributed by atoms with E-state index in [2.05, 4.69) is 15.3 Å². The van der Waals surface area contributed by atoms with Crippen LogP contribution < -0.4 is 19.9 Å². The van der Waals surface area contributed by atoms with Gasteiger partial charge in [-0.05, 0) is 42.8 Å². The summed E-state index contributed by atoms with van der Waals surface area (Å²) in [7, 11) is 1.68. The summed E-state index contributed by atoms with van der Waals surface area (Å²) in [6, 6.07) is 11.4. The highest BCUT2D eigenvalue weighted by atomic mass is 19.1. The summed E-state index contributed by atoms with van der Waals surface area (Å²) >= 11 is 0. The number of hydrogen-bond donors (Lipinski definition) is 1. The number of benzene rings is 2. The molecule has 2 amide bonds. The van der Waals surface area contributed by atoms with E-state index < -0.39 is 0 Å². The summed E-state index contributed by atoms with van der Waals surface area (Å²) in [5.74, 6) is 0.392. The molecule has 0 radical (unpaired) electrons. The van der Waals surface area contributed by atoms with Crippen molar-refractivity contribution in [3.8, 4) is 5.75 Å². The van der Waals surface area contributed by atoms with Crippen molar-refractivity contribution >= 4 is 29.0 Å². The monoisotopic (exact) mass is 449 g/mol. The normalized spacial score (nSPS) is 13.3. The molecule has 0 unspecified atom stereocenters. The Bertz CT molecular complexity index is 1160. The molecule has 1 fully saturated rings. The highest BCUT2D eigenvalue weighted by Gasteiger charge is 2.30. The molecule has 0 spiro atoms. The molecule has 170 valence electrons. The van der Waals surface area contributed by atoms with E-state index in [9.17, 15) is 14.0 Å². The maximum atomic E-state index is 13.4. The fourth-order valence-electron chi connectivity index (χ4n) is 3.33. The van der Waals surface area contributed by atoms with E-state index in [1.807, 2.05) is 11.8 Å². The molecular formula is C24H24FN5O3. The minimum atomic E-state index is -0.381. The standard InChI is InChI=1S/C24H24FN5O3/c1-15-4-5-17(25)10-22(15)33-20-13-30(14-20)23-12-26-21(11-27-23)24(32)28-18-6-8-19(9-7-18)29(3)16(2)31/h4-12,20H,13-14H2,1-3H3,(H,28,32). The summed E-state index contributed by atoms with van der Waals surface area (Å²) < 4.78 is 19.3. The summed E-state index contributed by atoms with van der Waals surface area (Å²) in [5.41, 5.74) is 2.38. The van der Waals surface area contributed by atoms with E-state index in [-0.39, 0.29) is 29.4 Å². The Morgan fingerprint density at radius 1 is 1.12 bits per heavy atom. The Kier molecular flexibility index (Phi) is 6.21. The van der Waals surface area contributed by atoms with Gasteiger partial charge in [-0.25, -0.2) is 14.4 Å². The minimum Gasteiger partial charge on any atom is -0.486 e. The first-order chi connectivity index (χ1) is 15.8. The molecule has 2 aromatic carbocycles. The second-order valence-electron chi connectivity index (χ2n) is 7.89. The van der Waals surface area contributed by atoms with E-state index in [4.69, 9.17) is 4.74 Å². The summed E-state index contributed by atoms with van der Waals surface area (Å²) in [6.45, 7) is 4.55. The molecule has 0 atom stereocenters. The second-order valence-corrected chi connectivity index (χ2v) is 7.89. The quantitative estimate of drug-likeness (QED) is 0.621. The van der Waals surface area contributed by atoms with E-state index >= 15 is 0 Å². The van der Waals surface area contributed by atoms with Crippen molar-refractivity contribution in [2.45, 2.75) is 20.0 Å². The second kappa shape index (κ2) is 9.23. The van der Waals surface area contributed by atoms with Crippen LogP contribution in [0.4, 0.5) is 21.6 Å². The lowest BCUT2D eigenvalue weighted by atomic mass is 10.1. The number of anilines is 3. The number of nitrogens with zero attached hydrogens (tertiary/aromatic N) is 4. The van der Waals surface area contributed by atoms with Crippen LogP contribution in [-0.4, -0.2) is 48.0 Å². The molecule has 1 aliphatic rings. The fourth-order valence-corrected chi connectivity index (χ4v) is 3.33. The molecule has 0 bridgehead atoms. The van der Waals surface area contributed by atoms with Gasteiger partial charge in [-0.15, -0.1) is 0 Å². The predicted molar refractivity (Wildman–Crippen MR) is 123 cm³/mol. The van der Waals surface area contributed by atoms with Crippen LogP contribution in [0.2, 0.25) is 0 Å². The Labute approximate surface area is 191 Å². The molecule has 3 aromatic rings. The van der Waals surface area contributed by atoms with Crippen LogP contribution in [0.5, 0.6) is 5.75 Å². The first-order valence-corrected chi connectivity index (χ1v) is 10.5. The molecule has 0 aliphatic carbocycles. The van der Waals surface area contributed by atoms with Crippen molar-refractivity contribution in [1.29, 1.82) is 0 Å². The van der Waals surface area contributed by atoms with Gasteiger partial charge in [0.05, 0.1) is 25.5 Å². The summed E-state index contributed by atoms with van der Waals surface area (Å²) in [5, 5.41) is 2.77. The lowest BCUT2D eigenvalue weighted by molar-refractivity contribution is -0.116. The molecule has 8 nitrogen and oxygen atoms in total. The number of rotatable bonds is 6. The largest absolute Gasteiger partial charge is 0.486 e. The molecular weight excluding hydrogens is 425 g/mol. The molecule has 2 heterocycles. The maximum absolute atomic E-state index is 13.4. The average molecular weight is 449 g/mol. The molecule has 0 saturated carbocycles. The van der Waals surface area contributed by atoms with Crippen LogP contribution in [0.15, 0.2) is 54.9 Å². The lowest BCUT2D eigenvalue weighted by Crippen LogP contribution is -2.54. The van der Waals surface area contributed by atoms with Crippen molar-refractivity contribution in [2.24, 2.45) is 0 Å². The van der Waals surface area contributed by atoms with Crippen LogP contribution in [0.1, 0.15) is 23.0 Å². The van der Waals surface area contributed by atoms with Crippen LogP contribution in [0.3, 0.4) is 0 Å². The smallest absolute Gasteiger partial charge is 0.275 e. The van der Waals surface area contributed by atoms with Crippen LogP contribution in [0.25, 0.3) is 0 Å². The zero-order chi connectivity index (χ0) is 23.5. The fraction of sp³-hybridized carbons (Fsp3) is 0.250. The number of amides is 2. The third kappa shape index (κ3) is 5.08. The Hall–Kier alpha value is -4.01. The van der Waals surface area contributed by atoms with Crippen molar-refractivity contribution < 1.29 is 18.7 Å². The number of aromatic nitrogens is 2. The molecule has 1 N–H and O–H groups in total. The van der Waals surface area contributed by atoms with Gasteiger partial charge in [0.1, 0.15) is 29.2 Å². The topological polar surface area (TPSA) is 87.7 Å². The Balaban J connectivity index is 1.31. The van der Waals surface area contributed by atoms with Crippen LogP contribution in [-0.2, 0) is 4.79 Å². The summed E-state index contributed by atoms with van der Waals surface area (Å²) in [4.78, 5) is 36.0.